The van der Waals surface area contributed by atoms with Crippen molar-refractivity contribution in [2.24, 2.45) is 5.92 Å². The van der Waals surface area contributed by atoms with Gasteiger partial charge in [-0.2, -0.15) is 0 Å². The number of benzene rings is 2. The molecular formula is C30H39FO. The van der Waals surface area contributed by atoms with Crippen molar-refractivity contribution in [3.05, 3.63) is 65.0 Å². The standard InChI is InChI=1S/C30H39FO/c1-3-5-7-9-24-12-17-27(18-13-24)28-19-14-25(15-20-28)10-11-26-16-21-30(29(31)23-26)32-22-8-6-4-2/h14-16,19-21,23-24,27H,3-9,12-13,17-18,22H2,1-2H3/t24-,27-. The van der Waals surface area contributed by atoms with Crippen LogP contribution in [0.2, 0.25) is 0 Å². The summed E-state index contributed by atoms with van der Waals surface area (Å²) in [4.78, 5) is 0. The highest BCUT2D eigenvalue weighted by atomic mass is 19.1. The molecular weight excluding hydrogens is 395 g/mol. The molecule has 0 heterocycles. The number of unbranched alkanes of at least 4 members (excludes halogenated alkanes) is 4. The van der Waals surface area contributed by atoms with Gasteiger partial charge in [-0.3, -0.25) is 0 Å². The molecule has 0 aliphatic heterocycles. The molecule has 1 aliphatic carbocycles. The molecule has 1 aliphatic rings. The van der Waals surface area contributed by atoms with Gasteiger partial charge >= 0.3 is 0 Å². The lowest BCUT2D eigenvalue weighted by Crippen LogP contribution is -2.13. The topological polar surface area (TPSA) is 9.23 Å². The first-order valence-electron chi connectivity index (χ1n) is 12.7. The Morgan fingerprint density at radius 1 is 0.812 bits per heavy atom. The maximum atomic E-state index is 14.3. The van der Waals surface area contributed by atoms with Crippen molar-refractivity contribution in [3.8, 4) is 17.6 Å². The fourth-order valence-electron chi connectivity index (χ4n) is 4.68. The maximum absolute atomic E-state index is 14.3. The SMILES string of the molecule is CCCCCOc1ccc(C#Cc2ccc([C@H]3CC[C@H](CCCCC)CC3)cc2)cc1F. The zero-order chi connectivity index (χ0) is 22.6. The third-order valence-electron chi connectivity index (χ3n) is 6.73. The summed E-state index contributed by atoms with van der Waals surface area (Å²) in [7, 11) is 0. The molecule has 2 heteroatoms. The third-order valence-corrected chi connectivity index (χ3v) is 6.73. The van der Waals surface area contributed by atoms with E-state index < -0.39 is 0 Å². The summed E-state index contributed by atoms with van der Waals surface area (Å²) in [6, 6.07) is 13.7. The van der Waals surface area contributed by atoms with Crippen molar-refractivity contribution >= 4 is 0 Å². The summed E-state index contributed by atoms with van der Waals surface area (Å²) in [6.07, 6.45) is 14.1. The molecule has 0 unspecified atom stereocenters. The number of ether oxygens (including phenoxy) is 1. The summed E-state index contributed by atoms with van der Waals surface area (Å²) in [5.41, 5.74) is 3.09. The monoisotopic (exact) mass is 434 g/mol. The summed E-state index contributed by atoms with van der Waals surface area (Å²) in [5.74, 6) is 7.88. The number of rotatable bonds is 10. The van der Waals surface area contributed by atoms with Crippen LogP contribution in [0.5, 0.6) is 5.75 Å². The van der Waals surface area contributed by atoms with Gasteiger partial charge in [0.1, 0.15) is 0 Å². The van der Waals surface area contributed by atoms with Crippen molar-refractivity contribution in [3.63, 3.8) is 0 Å². The predicted molar refractivity (Wildman–Crippen MR) is 133 cm³/mol. The van der Waals surface area contributed by atoms with E-state index in [-0.39, 0.29) is 5.82 Å². The van der Waals surface area contributed by atoms with Crippen LogP contribution in [0.4, 0.5) is 4.39 Å². The van der Waals surface area contributed by atoms with Gasteiger partial charge in [-0.05, 0) is 79.8 Å². The molecule has 32 heavy (non-hydrogen) atoms. The van der Waals surface area contributed by atoms with Crippen LogP contribution >= 0.6 is 0 Å². The van der Waals surface area contributed by atoms with Crippen LogP contribution in [-0.2, 0) is 0 Å². The van der Waals surface area contributed by atoms with Crippen molar-refractivity contribution in [1.29, 1.82) is 0 Å². The van der Waals surface area contributed by atoms with Crippen LogP contribution in [0.15, 0.2) is 42.5 Å². The zero-order valence-corrected chi connectivity index (χ0v) is 20.0. The second kappa shape index (κ2) is 13.3. The van der Waals surface area contributed by atoms with E-state index in [4.69, 9.17) is 4.74 Å². The first-order valence-corrected chi connectivity index (χ1v) is 12.7. The first-order chi connectivity index (χ1) is 15.7. The van der Waals surface area contributed by atoms with Crippen LogP contribution in [0.1, 0.15) is 107 Å². The van der Waals surface area contributed by atoms with Crippen LogP contribution in [0, 0.1) is 23.6 Å². The lowest BCUT2D eigenvalue weighted by atomic mass is 9.77. The number of hydrogen-bond acceptors (Lipinski definition) is 1. The number of hydrogen-bond donors (Lipinski definition) is 0. The summed E-state index contributed by atoms with van der Waals surface area (Å²) >= 11 is 0. The summed E-state index contributed by atoms with van der Waals surface area (Å²) in [6.45, 7) is 4.98. The third kappa shape index (κ3) is 7.70. The van der Waals surface area contributed by atoms with E-state index in [1.54, 1.807) is 6.07 Å². The Kier molecular flexibility index (Phi) is 10.1. The molecule has 0 N–H and O–H groups in total. The molecule has 0 amide bonds. The van der Waals surface area contributed by atoms with Gasteiger partial charge in [0.25, 0.3) is 0 Å². The highest BCUT2D eigenvalue weighted by molar-refractivity contribution is 5.45. The smallest absolute Gasteiger partial charge is 0.166 e. The molecule has 0 spiro atoms. The molecule has 0 radical (unpaired) electrons. The van der Waals surface area contributed by atoms with E-state index in [0.29, 0.717) is 23.8 Å². The molecule has 172 valence electrons. The molecule has 0 saturated heterocycles. The van der Waals surface area contributed by atoms with Crippen molar-refractivity contribution < 1.29 is 9.13 Å². The van der Waals surface area contributed by atoms with Crippen LogP contribution < -0.4 is 4.74 Å². The Balaban J connectivity index is 1.51. The van der Waals surface area contributed by atoms with Gasteiger partial charge in [-0.25, -0.2) is 4.39 Å². The Morgan fingerprint density at radius 3 is 2.16 bits per heavy atom. The average Bonchev–Trinajstić information content (AvgIpc) is 2.82. The van der Waals surface area contributed by atoms with E-state index >= 15 is 0 Å². The lowest BCUT2D eigenvalue weighted by molar-refractivity contribution is 0.291. The second-order valence-corrected chi connectivity index (χ2v) is 9.29. The van der Waals surface area contributed by atoms with Crippen LogP contribution in [0.3, 0.4) is 0 Å². The Labute approximate surface area is 194 Å². The summed E-state index contributed by atoms with van der Waals surface area (Å²) in [5, 5.41) is 0. The van der Waals surface area contributed by atoms with Gasteiger partial charge in [0, 0.05) is 11.1 Å². The molecule has 0 aromatic heterocycles. The Hall–Kier alpha value is -2.27. The molecule has 1 saturated carbocycles. The fourth-order valence-corrected chi connectivity index (χ4v) is 4.68. The Morgan fingerprint density at radius 2 is 1.47 bits per heavy atom. The van der Waals surface area contributed by atoms with E-state index in [0.717, 1.165) is 30.7 Å². The second-order valence-electron chi connectivity index (χ2n) is 9.29. The summed E-state index contributed by atoms with van der Waals surface area (Å²) < 4.78 is 19.8. The minimum absolute atomic E-state index is 0.316. The van der Waals surface area contributed by atoms with E-state index in [9.17, 15) is 4.39 Å². The van der Waals surface area contributed by atoms with E-state index in [1.165, 1.54) is 63.0 Å². The predicted octanol–water partition coefficient (Wildman–Crippen LogP) is 8.65. The van der Waals surface area contributed by atoms with Gasteiger partial charge in [0.15, 0.2) is 11.6 Å². The first kappa shape index (κ1) is 24.4. The zero-order valence-electron chi connectivity index (χ0n) is 20.0. The van der Waals surface area contributed by atoms with Gasteiger partial charge < -0.3 is 4.74 Å². The minimum Gasteiger partial charge on any atom is -0.491 e. The quantitative estimate of drug-likeness (QED) is 0.268. The molecule has 2 aromatic carbocycles. The number of halogens is 1. The average molecular weight is 435 g/mol. The van der Waals surface area contributed by atoms with Gasteiger partial charge in [-0.15, -0.1) is 0 Å². The normalized spacial score (nSPS) is 18.1. The molecule has 2 aromatic rings. The van der Waals surface area contributed by atoms with Gasteiger partial charge in [0.2, 0.25) is 0 Å². The van der Waals surface area contributed by atoms with Crippen LogP contribution in [0.25, 0.3) is 0 Å². The molecule has 1 nitrogen and oxygen atoms in total. The van der Waals surface area contributed by atoms with Crippen molar-refractivity contribution in [2.75, 3.05) is 6.61 Å². The molecule has 0 bridgehead atoms. The highest BCUT2D eigenvalue weighted by Gasteiger charge is 2.21. The maximum Gasteiger partial charge on any atom is 0.166 e. The highest BCUT2D eigenvalue weighted by Crippen LogP contribution is 2.37. The minimum atomic E-state index is -0.339. The largest absolute Gasteiger partial charge is 0.491 e. The van der Waals surface area contributed by atoms with Crippen molar-refractivity contribution in [2.45, 2.75) is 90.4 Å². The van der Waals surface area contributed by atoms with Gasteiger partial charge in [-0.1, -0.05) is 76.3 Å². The fraction of sp³-hybridized carbons (Fsp3) is 0.533. The van der Waals surface area contributed by atoms with Gasteiger partial charge in [0.05, 0.1) is 6.61 Å². The molecule has 0 atom stereocenters. The van der Waals surface area contributed by atoms with E-state index in [1.807, 2.05) is 6.07 Å². The van der Waals surface area contributed by atoms with E-state index in [2.05, 4.69) is 50.0 Å². The van der Waals surface area contributed by atoms with Crippen molar-refractivity contribution in [1.82, 2.24) is 0 Å². The molecule has 3 rings (SSSR count). The Bertz CT molecular complexity index is 866. The lowest BCUT2D eigenvalue weighted by Gasteiger charge is -2.29. The van der Waals surface area contributed by atoms with Crippen LogP contribution in [-0.4, -0.2) is 6.61 Å². The molecule has 1 fully saturated rings.